The second-order valence-electron chi connectivity index (χ2n) is 4.89. The van der Waals surface area contributed by atoms with E-state index in [0.717, 1.165) is 17.7 Å². The van der Waals surface area contributed by atoms with E-state index in [0.29, 0.717) is 31.2 Å². The highest BCUT2D eigenvalue weighted by atomic mass is 32.2. The second-order valence-corrected chi connectivity index (χ2v) is 7.40. The molecule has 0 unspecified atom stereocenters. The van der Waals surface area contributed by atoms with Crippen molar-refractivity contribution in [3.05, 3.63) is 24.3 Å². The fourth-order valence-corrected chi connectivity index (χ4v) is 4.21. The molecule has 1 fully saturated rings. The van der Waals surface area contributed by atoms with Crippen LogP contribution in [0.5, 0.6) is 0 Å². The molecular formula is C13H21N3O2S2. The van der Waals surface area contributed by atoms with Crippen molar-refractivity contribution < 1.29 is 8.42 Å². The summed E-state index contributed by atoms with van der Waals surface area (Å²) in [5.74, 6) is 0.444. The fourth-order valence-electron chi connectivity index (χ4n) is 2.32. The van der Waals surface area contributed by atoms with Crippen molar-refractivity contribution in [1.29, 1.82) is 0 Å². The average Bonchev–Trinajstić information content (AvgIpc) is 2.47. The van der Waals surface area contributed by atoms with Gasteiger partial charge in [0.1, 0.15) is 0 Å². The quantitative estimate of drug-likeness (QED) is 0.812. The summed E-state index contributed by atoms with van der Waals surface area (Å²) in [5, 5.41) is 0. The normalized spacial score (nSPS) is 18.1. The Morgan fingerprint density at radius 3 is 2.60 bits per heavy atom. The van der Waals surface area contributed by atoms with Crippen LogP contribution in [-0.2, 0) is 10.2 Å². The Hall–Kier alpha value is -0.760. The van der Waals surface area contributed by atoms with Gasteiger partial charge in [-0.15, -0.1) is 11.8 Å². The van der Waals surface area contributed by atoms with Crippen LogP contribution in [0.2, 0.25) is 0 Å². The number of para-hydroxylation sites is 1. The van der Waals surface area contributed by atoms with Crippen LogP contribution in [0.15, 0.2) is 29.2 Å². The van der Waals surface area contributed by atoms with Gasteiger partial charge in [0, 0.05) is 18.0 Å². The van der Waals surface area contributed by atoms with Crippen LogP contribution in [0.1, 0.15) is 12.8 Å². The number of nitrogens with two attached hydrogens (primary N) is 1. The van der Waals surface area contributed by atoms with Crippen molar-refractivity contribution in [3.8, 4) is 0 Å². The number of piperidine rings is 1. The SMILES string of the molecule is CSc1ccccc1NS(=O)(=O)N1CCC(CN)CC1. The molecule has 0 radical (unpaired) electrons. The lowest BCUT2D eigenvalue weighted by atomic mass is 9.99. The van der Waals surface area contributed by atoms with Crippen LogP contribution in [-0.4, -0.2) is 38.6 Å². The van der Waals surface area contributed by atoms with Crippen molar-refractivity contribution in [2.24, 2.45) is 11.7 Å². The van der Waals surface area contributed by atoms with Gasteiger partial charge in [0.15, 0.2) is 0 Å². The molecule has 0 amide bonds. The van der Waals surface area contributed by atoms with E-state index >= 15 is 0 Å². The molecule has 1 aromatic carbocycles. The van der Waals surface area contributed by atoms with Gasteiger partial charge in [0.25, 0.3) is 0 Å². The minimum atomic E-state index is -3.47. The molecule has 1 aliphatic rings. The van der Waals surface area contributed by atoms with Gasteiger partial charge < -0.3 is 5.73 Å². The topological polar surface area (TPSA) is 75.4 Å². The summed E-state index contributed by atoms with van der Waals surface area (Å²) in [7, 11) is -3.47. The molecule has 0 aliphatic carbocycles. The highest BCUT2D eigenvalue weighted by molar-refractivity contribution is 7.98. The number of anilines is 1. The lowest BCUT2D eigenvalue weighted by molar-refractivity contribution is 0.280. The number of hydrogen-bond donors (Lipinski definition) is 2. The number of thioether (sulfide) groups is 1. The van der Waals surface area contributed by atoms with E-state index in [-0.39, 0.29) is 0 Å². The predicted octanol–water partition coefficient (Wildman–Crippen LogP) is 1.74. The Morgan fingerprint density at radius 1 is 1.35 bits per heavy atom. The van der Waals surface area contributed by atoms with Crippen molar-refractivity contribution >= 4 is 27.7 Å². The summed E-state index contributed by atoms with van der Waals surface area (Å²) in [6, 6.07) is 7.42. The van der Waals surface area contributed by atoms with Crippen LogP contribution in [0.3, 0.4) is 0 Å². The van der Waals surface area contributed by atoms with E-state index in [9.17, 15) is 8.42 Å². The van der Waals surface area contributed by atoms with Crippen LogP contribution in [0.25, 0.3) is 0 Å². The summed E-state index contributed by atoms with van der Waals surface area (Å²) < 4.78 is 29.0. The Labute approximate surface area is 125 Å². The lowest BCUT2D eigenvalue weighted by Gasteiger charge is -2.30. The number of benzene rings is 1. The van der Waals surface area contributed by atoms with E-state index in [1.54, 1.807) is 6.07 Å². The number of hydrogen-bond acceptors (Lipinski definition) is 4. The van der Waals surface area contributed by atoms with Crippen molar-refractivity contribution in [2.45, 2.75) is 17.7 Å². The number of rotatable bonds is 5. The van der Waals surface area contributed by atoms with Crippen molar-refractivity contribution in [2.75, 3.05) is 30.6 Å². The second kappa shape index (κ2) is 6.80. The molecule has 20 heavy (non-hydrogen) atoms. The van der Waals surface area contributed by atoms with Crippen LogP contribution in [0.4, 0.5) is 5.69 Å². The zero-order valence-corrected chi connectivity index (χ0v) is 13.2. The van der Waals surface area contributed by atoms with Gasteiger partial charge in [-0.05, 0) is 43.7 Å². The van der Waals surface area contributed by atoms with Gasteiger partial charge in [-0.3, -0.25) is 4.72 Å². The summed E-state index contributed by atoms with van der Waals surface area (Å²) in [5.41, 5.74) is 6.27. The monoisotopic (exact) mass is 315 g/mol. The first-order valence-corrected chi connectivity index (χ1v) is 9.34. The summed E-state index contributed by atoms with van der Waals surface area (Å²) in [6.07, 6.45) is 3.60. The molecule has 0 aromatic heterocycles. The van der Waals surface area contributed by atoms with Crippen molar-refractivity contribution in [3.63, 3.8) is 0 Å². The molecule has 0 spiro atoms. The van der Waals surface area contributed by atoms with Crippen LogP contribution < -0.4 is 10.5 Å². The smallest absolute Gasteiger partial charge is 0.301 e. The Morgan fingerprint density at radius 2 is 2.00 bits per heavy atom. The predicted molar refractivity (Wildman–Crippen MR) is 84.1 cm³/mol. The molecule has 1 aliphatic heterocycles. The molecule has 0 atom stereocenters. The van der Waals surface area contributed by atoms with Gasteiger partial charge in [-0.2, -0.15) is 12.7 Å². The molecule has 5 nitrogen and oxygen atoms in total. The largest absolute Gasteiger partial charge is 0.330 e. The van der Waals surface area contributed by atoms with Gasteiger partial charge in [-0.25, -0.2) is 0 Å². The minimum Gasteiger partial charge on any atom is -0.330 e. The molecule has 3 N–H and O–H groups in total. The third-order valence-electron chi connectivity index (χ3n) is 3.59. The first-order chi connectivity index (χ1) is 9.56. The molecule has 0 saturated carbocycles. The third kappa shape index (κ3) is 3.66. The van der Waals surface area contributed by atoms with Gasteiger partial charge in [0.05, 0.1) is 5.69 Å². The third-order valence-corrected chi connectivity index (χ3v) is 5.91. The van der Waals surface area contributed by atoms with E-state index in [4.69, 9.17) is 5.73 Å². The van der Waals surface area contributed by atoms with E-state index < -0.39 is 10.2 Å². The minimum absolute atomic E-state index is 0.444. The summed E-state index contributed by atoms with van der Waals surface area (Å²) >= 11 is 1.52. The van der Waals surface area contributed by atoms with Crippen molar-refractivity contribution in [1.82, 2.24) is 4.31 Å². The molecule has 7 heteroatoms. The van der Waals surface area contributed by atoms with Gasteiger partial charge in [-0.1, -0.05) is 12.1 Å². The van der Waals surface area contributed by atoms with E-state index in [1.165, 1.54) is 16.1 Å². The molecule has 0 bridgehead atoms. The van der Waals surface area contributed by atoms with E-state index in [2.05, 4.69) is 4.72 Å². The fraction of sp³-hybridized carbons (Fsp3) is 0.538. The standard InChI is InChI=1S/C13H21N3O2S2/c1-19-13-5-3-2-4-12(13)15-20(17,18)16-8-6-11(10-14)7-9-16/h2-5,11,15H,6-10,14H2,1H3. The van der Waals surface area contributed by atoms with E-state index in [1.807, 2.05) is 24.5 Å². The molecule has 1 saturated heterocycles. The highest BCUT2D eigenvalue weighted by Crippen LogP contribution is 2.27. The first kappa shape index (κ1) is 15.6. The number of nitrogens with zero attached hydrogens (tertiary/aromatic N) is 1. The zero-order valence-electron chi connectivity index (χ0n) is 11.6. The first-order valence-electron chi connectivity index (χ1n) is 6.68. The zero-order chi connectivity index (χ0) is 14.6. The maximum atomic E-state index is 12.4. The molecule has 1 heterocycles. The van der Waals surface area contributed by atoms with Gasteiger partial charge >= 0.3 is 10.2 Å². The molecule has 1 aromatic rings. The Balaban J connectivity index is 2.08. The average molecular weight is 315 g/mol. The molecule has 112 valence electrons. The maximum absolute atomic E-state index is 12.4. The van der Waals surface area contributed by atoms with Gasteiger partial charge in [0.2, 0.25) is 0 Å². The van der Waals surface area contributed by atoms with Crippen LogP contribution >= 0.6 is 11.8 Å². The Kier molecular flexibility index (Phi) is 5.31. The number of nitrogens with one attached hydrogen (secondary N) is 1. The summed E-state index contributed by atoms with van der Waals surface area (Å²) in [6.45, 7) is 1.72. The highest BCUT2D eigenvalue weighted by Gasteiger charge is 2.27. The lowest BCUT2D eigenvalue weighted by Crippen LogP contribution is -2.42. The Bertz CT molecular complexity index is 540. The van der Waals surface area contributed by atoms with Crippen LogP contribution in [0, 0.1) is 5.92 Å². The summed E-state index contributed by atoms with van der Waals surface area (Å²) in [4.78, 5) is 0.924. The maximum Gasteiger partial charge on any atom is 0.301 e. The molecule has 2 rings (SSSR count). The molecular weight excluding hydrogens is 294 g/mol.